The number of amides is 2. The van der Waals surface area contributed by atoms with Crippen LogP contribution in [0.4, 0.5) is 11.4 Å². The quantitative estimate of drug-likeness (QED) is 0.875. The molecule has 0 aliphatic carbocycles. The highest BCUT2D eigenvalue weighted by atomic mass is 79.9. The van der Waals surface area contributed by atoms with Gasteiger partial charge in [-0.25, -0.2) is 0 Å². The summed E-state index contributed by atoms with van der Waals surface area (Å²) < 4.78 is 0.868. The molecule has 2 amide bonds. The number of carbonyl (C=O) groups is 2. The van der Waals surface area contributed by atoms with Crippen LogP contribution in [0.5, 0.6) is 0 Å². The first kappa shape index (κ1) is 13.8. The van der Waals surface area contributed by atoms with Crippen molar-refractivity contribution in [3.05, 3.63) is 57.6 Å². The molecule has 0 saturated carbocycles. The second-order valence-corrected chi connectivity index (χ2v) is 5.78. The highest BCUT2D eigenvalue weighted by Crippen LogP contribution is 2.27. The fourth-order valence-electron chi connectivity index (χ4n) is 2.29. The lowest BCUT2D eigenvalue weighted by molar-refractivity contribution is -0.115. The topological polar surface area (TPSA) is 58.2 Å². The fourth-order valence-corrected chi connectivity index (χ4v) is 2.66. The second-order valence-electron chi connectivity index (χ2n) is 4.99. The number of nitrogens with one attached hydrogen (secondary N) is 2. The molecule has 0 bridgehead atoms. The molecule has 2 N–H and O–H groups in total. The Hall–Kier alpha value is -2.14. The van der Waals surface area contributed by atoms with Crippen molar-refractivity contribution in [1.29, 1.82) is 0 Å². The molecule has 0 aromatic heterocycles. The number of carbonyl (C=O) groups excluding carboxylic acids is 2. The number of hydrogen-bond donors (Lipinski definition) is 2. The highest BCUT2D eigenvalue weighted by molar-refractivity contribution is 9.10. The standard InChI is InChI=1S/C16H13BrN2O2/c1-9-3-2-4-12(15(9)17)19-16(21)11-6-5-10-8-14(20)18-13(10)7-11/h2-7H,8H2,1H3,(H,18,20)(H,19,21). The van der Waals surface area contributed by atoms with Crippen molar-refractivity contribution in [3.8, 4) is 0 Å². The van der Waals surface area contributed by atoms with Crippen LogP contribution in [0.3, 0.4) is 0 Å². The molecular formula is C16H13BrN2O2. The Labute approximate surface area is 130 Å². The van der Waals surface area contributed by atoms with E-state index in [-0.39, 0.29) is 11.8 Å². The summed E-state index contributed by atoms with van der Waals surface area (Å²) in [6.07, 6.45) is 0.376. The number of aryl methyl sites for hydroxylation is 1. The number of benzene rings is 2. The van der Waals surface area contributed by atoms with Crippen LogP contribution in [0.25, 0.3) is 0 Å². The van der Waals surface area contributed by atoms with Crippen LogP contribution in [0.1, 0.15) is 21.5 Å². The van der Waals surface area contributed by atoms with Gasteiger partial charge in [-0.2, -0.15) is 0 Å². The van der Waals surface area contributed by atoms with E-state index in [1.165, 1.54) is 0 Å². The first-order chi connectivity index (χ1) is 10.0. The van der Waals surface area contributed by atoms with Gasteiger partial charge in [0.1, 0.15) is 0 Å². The monoisotopic (exact) mass is 344 g/mol. The molecule has 0 unspecified atom stereocenters. The molecule has 3 rings (SSSR count). The minimum absolute atomic E-state index is 0.0380. The van der Waals surface area contributed by atoms with Gasteiger partial charge >= 0.3 is 0 Å². The summed E-state index contributed by atoms with van der Waals surface area (Å²) in [5, 5.41) is 5.62. The third-order valence-electron chi connectivity index (χ3n) is 3.44. The Morgan fingerprint density at radius 1 is 1.29 bits per heavy atom. The van der Waals surface area contributed by atoms with Gasteiger partial charge in [0, 0.05) is 15.7 Å². The summed E-state index contributed by atoms with van der Waals surface area (Å²) in [5.41, 5.74) is 3.94. The van der Waals surface area contributed by atoms with Crippen LogP contribution < -0.4 is 10.6 Å². The largest absolute Gasteiger partial charge is 0.326 e. The van der Waals surface area contributed by atoms with Crippen LogP contribution >= 0.6 is 15.9 Å². The van der Waals surface area contributed by atoms with Crippen molar-refractivity contribution in [3.63, 3.8) is 0 Å². The summed E-state index contributed by atoms with van der Waals surface area (Å²) >= 11 is 3.47. The number of rotatable bonds is 2. The first-order valence-electron chi connectivity index (χ1n) is 6.54. The lowest BCUT2D eigenvalue weighted by Gasteiger charge is -2.10. The molecule has 2 aromatic carbocycles. The summed E-state index contributed by atoms with van der Waals surface area (Å²) in [6, 6.07) is 10.9. The van der Waals surface area contributed by atoms with E-state index >= 15 is 0 Å². The molecule has 0 saturated heterocycles. The first-order valence-corrected chi connectivity index (χ1v) is 7.33. The summed E-state index contributed by atoms with van der Waals surface area (Å²) in [7, 11) is 0. The molecule has 0 atom stereocenters. The van der Waals surface area contributed by atoms with Gasteiger partial charge in [-0.3, -0.25) is 9.59 Å². The summed E-state index contributed by atoms with van der Waals surface area (Å²) in [6.45, 7) is 1.96. The van der Waals surface area contributed by atoms with E-state index in [1.54, 1.807) is 12.1 Å². The minimum atomic E-state index is -0.203. The third-order valence-corrected chi connectivity index (χ3v) is 4.49. The predicted molar refractivity (Wildman–Crippen MR) is 85.6 cm³/mol. The summed E-state index contributed by atoms with van der Waals surface area (Å²) in [5.74, 6) is -0.241. The molecule has 106 valence electrons. The summed E-state index contributed by atoms with van der Waals surface area (Å²) in [4.78, 5) is 23.7. The SMILES string of the molecule is Cc1cccc(NC(=O)c2ccc3c(c2)NC(=O)C3)c1Br. The van der Waals surface area contributed by atoms with Crippen molar-refractivity contribution < 1.29 is 9.59 Å². The minimum Gasteiger partial charge on any atom is -0.326 e. The predicted octanol–water partition coefficient (Wildman–Crippen LogP) is 3.50. The van der Waals surface area contributed by atoms with Crippen LogP contribution in [0, 0.1) is 6.92 Å². The van der Waals surface area contributed by atoms with Gasteiger partial charge in [0.25, 0.3) is 5.91 Å². The van der Waals surface area contributed by atoms with Gasteiger partial charge in [-0.1, -0.05) is 18.2 Å². The Balaban J connectivity index is 1.85. The van der Waals surface area contributed by atoms with Crippen molar-refractivity contribution in [2.24, 2.45) is 0 Å². The normalized spacial score (nSPS) is 12.8. The number of fused-ring (bicyclic) bond motifs is 1. The molecule has 21 heavy (non-hydrogen) atoms. The second kappa shape index (κ2) is 5.33. The smallest absolute Gasteiger partial charge is 0.255 e. The molecule has 0 fully saturated rings. The highest BCUT2D eigenvalue weighted by Gasteiger charge is 2.19. The Morgan fingerprint density at radius 3 is 2.90 bits per heavy atom. The average molecular weight is 345 g/mol. The molecular weight excluding hydrogens is 332 g/mol. The lowest BCUT2D eigenvalue weighted by atomic mass is 10.1. The van der Waals surface area contributed by atoms with Crippen molar-refractivity contribution in [2.75, 3.05) is 10.6 Å². The zero-order valence-corrected chi connectivity index (χ0v) is 13.0. The van der Waals surface area contributed by atoms with Gasteiger partial charge in [0.15, 0.2) is 0 Å². The van der Waals surface area contributed by atoms with Crippen molar-refractivity contribution in [1.82, 2.24) is 0 Å². The maximum Gasteiger partial charge on any atom is 0.255 e. The van der Waals surface area contributed by atoms with Crippen molar-refractivity contribution in [2.45, 2.75) is 13.3 Å². The molecule has 1 aliphatic rings. The number of halogens is 1. The van der Waals surface area contributed by atoms with Crippen LogP contribution in [0.2, 0.25) is 0 Å². The maximum absolute atomic E-state index is 12.3. The molecule has 4 nitrogen and oxygen atoms in total. The Kier molecular flexibility index (Phi) is 3.51. The van der Waals surface area contributed by atoms with Gasteiger partial charge < -0.3 is 10.6 Å². The lowest BCUT2D eigenvalue weighted by Crippen LogP contribution is -2.12. The van der Waals surface area contributed by atoms with Gasteiger partial charge in [-0.05, 0) is 52.2 Å². The van der Waals surface area contributed by atoms with E-state index in [2.05, 4.69) is 26.6 Å². The van der Waals surface area contributed by atoms with Crippen LogP contribution in [-0.4, -0.2) is 11.8 Å². The molecule has 1 heterocycles. The van der Waals surface area contributed by atoms with Gasteiger partial charge in [0.05, 0.1) is 12.1 Å². The van der Waals surface area contributed by atoms with E-state index in [9.17, 15) is 9.59 Å². The van der Waals surface area contributed by atoms with Gasteiger partial charge in [-0.15, -0.1) is 0 Å². The average Bonchev–Trinajstić information content (AvgIpc) is 2.82. The van der Waals surface area contributed by atoms with E-state index in [0.29, 0.717) is 12.0 Å². The molecule has 0 radical (unpaired) electrons. The maximum atomic E-state index is 12.3. The zero-order valence-electron chi connectivity index (χ0n) is 11.4. The Morgan fingerprint density at radius 2 is 2.10 bits per heavy atom. The molecule has 5 heteroatoms. The number of hydrogen-bond acceptors (Lipinski definition) is 2. The van der Waals surface area contributed by atoms with Crippen LogP contribution in [-0.2, 0) is 11.2 Å². The van der Waals surface area contributed by atoms with Crippen molar-refractivity contribution >= 4 is 39.1 Å². The number of anilines is 2. The van der Waals surface area contributed by atoms with E-state index in [1.807, 2.05) is 31.2 Å². The molecule has 1 aliphatic heterocycles. The van der Waals surface area contributed by atoms with E-state index in [4.69, 9.17) is 0 Å². The fraction of sp³-hybridized carbons (Fsp3) is 0.125. The van der Waals surface area contributed by atoms with Crippen LogP contribution in [0.15, 0.2) is 40.9 Å². The Bertz CT molecular complexity index is 756. The van der Waals surface area contributed by atoms with E-state index < -0.39 is 0 Å². The van der Waals surface area contributed by atoms with E-state index in [0.717, 1.165) is 27.0 Å². The zero-order chi connectivity index (χ0) is 15.0. The third kappa shape index (κ3) is 2.69. The molecule has 2 aromatic rings. The van der Waals surface area contributed by atoms with Gasteiger partial charge in [0.2, 0.25) is 5.91 Å². The molecule has 0 spiro atoms.